The molecule has 7 N–H and O–H groups in total. The Bertz CT molecular complexity index is 539. The third kappa shape index (κ3) is 2.25. The molecular formula is C9H10N6O2. The Kier molecular flexibility index (Phi) is 2.53. The minimum absolute atomic E-state index is 0.0420. The molecular weight excluding hydrogens is 224 g/mol. The first-order valence-electron chi connectivity index (χ1n) is 4.61. The summed E-state index contributed by atoms with van der Waals surface area (Å²) < 4.78 is 0. The summed E-state index contributed by atoms with van der Waals surface area (Å²) in [5.41, 5.74) is 11.0. The maximum Gasteiger partial charge on any atom is 0.233 e. The van der Waals surface area contributed by atoms with Crippen LogP contribution in [0.15, 0.2) is 18.2 Å². The first kappa shape index (κ1) is 10.7. The largest absolute Gasteiger partial charge is 0.504 e. The average Bonchev–Trinajstić information content (AvgIpc) is 2.23. The van der Waals surface area contributed by atoms with Gasteiger partial charge in [-0.15, -0.1) is 0 Å². The molecule has 0 unspecified atom stereocenters. The van der Waals surface area contributed by atoms with E-state index >= 15 is 0 Å². The standard InChI is InChI=1S/C9H10N6O2/c10-7-13-8(11)15-9(14-7)12-4-2-1-3-5(16)6(4)17/h1-3,16-17H,(H5,10,11,12,13,14,15). The summed E-state index contributed by atoms with van der Waals surface area (Å²) in [6.07, 6.45) is 0. The molecule has 0 aliphatic carbocycles. The van der Waals surface area contributed by atoms with Gasteiger partial charge in [-0.25, -0.2) is 0 Å². The number of nitrogens with zero attached hydrogens (tertiary/aromatic N) is 3. The van der Waals surface area contributed by atoms with Crippen LogP contribution in [-0.2, 0) is 0 Å². The summed E-state index contributed by atoms with van der Waals surface area (Å²) in [5, 5.41) is 21.5. The first-order valence-corrected chi connectivity index (χ1v) is 4.61. The van der Waals surface area contributed by atoms with E-state index in [0.29, 0.717) is 0 Å². The predicted molar refractivity (Wildman–Crippen MR) is 61.7 cm³/mol. The van der Waals surface area contributed by atoms with Crippen molar-refractivity contribution in [2.45, 2.75) is 0 Å². The topological polar surface area (TPSA) is 143 Å². The highest BCUT2D eigenvalue weighted by Gasteiger charge is 2.08. The van der Waals surface area contributed by atoms with Gasteiger partial charge in [-0.1, -0.05) is 6.07 Å². The van der Waals surface area contributed by atoms with Crippen molar-refractivity contribution in [3.63, 3.8) is 0 Å². The van der Waals surface area contributed by atoms with E-state index < -0.39 is 0 Å². The molecule has 17 heavy (non-hydrogen) atoms. The second-order valence-electron chi connectivity index (χ2n) is 3.17. The highest BCUT2D eigenvalue weighted by atomic mass is 16.3. The van der Waals surface area contributed by atoms with Gasteiger partial charge >= 0.3 is 0 Å². The molecule has 0 fully saturated rings. The van der Waals surface area contributed by atoms with Gasteiger partial charge in [0.15, 0.2) is 11.5 Å². The van der Waals surface area contributed by atoms with E-state index in [0.717, 1.165) is 0 Å². The maximum absolute atomic E-state index is 9.55. The van der Waals surface area contributed by atoms with Crippen LogP contribution in [0.5, 0.6) is 11.5 Å². The molecule has 0 saturated carbocycles. The second-order valence-corrected chi connectivity index (χ2v) is 3.17. The molecule has 8 heteroatoms. The Morgan fingerprint density at radius 1 is 1.00 bits per heavy atom. The highest BCUT2D eigenvalue weighted by Crippen LogP contribution is 2.33. The normalized spacial score (nSPS) is 10.1. The van der Waals surface area contributed by atoms with Crippen LogP contribution in [0.4, 0.5) is 23.5 Å². The van der Waals surface area contributed by atoms with Gasteiger partial charge in [-0.3, -0.25) is 0 Å². The molecule has 0 aliphatic rings. The van der Waals surface area contributed by atoms with Gasteiger partial charge in [-0.2, -0.15) is 15.0 Å². The van der Waals surface area contributed by atoms with Crippen molar-refractivity contribution in [1.29, 1.82) is 0 Å². The first-order chi connectivity index (χ1) is 8.06. The smallest absolute Gasteiger partial charge is 0.233 e. The van der Waals surface area contributed by atoms with E-state index in [2.05, 4.69) is 20.3 Å². The minimum Gasteiger partial charge on any atom is -0.504 e. The summed E-state index contributed by atoms with van der Waals surface area (Å²) in [7, 11) is 0. The Labute approximate surface area is 96.0 Å². The molecule has 0 saturated heterocycles. The lowest BCUT2D eigenvalue weighted by molar-refractivity contribution is 0.405. The number of nitrogen functional groups attached to an aromatic ring is 2. The van der Waals surface area contributed by atoms with Gasteiger partial charge in [0.05, 0.1) is 5.69 Å². The fraction of sp³-hybridized carbons (Fsp3) is 0. The summed E-state index contributed by atoms with van der Waals surface area (Å²) in [5.74, 6) is -0.578. The van der Waals surface area contributed by atoms with Crippen LogP contribution in [0.2, 0.25) is 0 Å². The van der Waals surface area contributed by atoms with E-state index in [-0.39, 0.29) is 35.0 Å². The number of phenolic OH excluding ortho intramolecular Hbond substituents is 2. The predicted octanol–water partition coefficient (Wildman–Crippen LogP) is 0.191. The number of hydrogen-bond donors (Lipinski definition) is 5. The van der Waals surface area contributed by atoms with Gasteiger partial charge in [0.2, 0.25) is 17.8 Å². The number of para-hydroxylation sites is 1. The number of hydrogen-bond acceptors (Lipinski definition) is 8. The summed E-state index contributed by atoms with van der Waals surface area (Å²) >= 11 is 0. The number of phenols is 2. The number of benzene rings is 1. The quantitative estimate of drug-likeness (QED) is 0.463. The van der Waals surface area contributed by atoms with E-state index in [1.807, 2.05) is 0 Å². The minimum atomic E-state index is -0.315. The average molecular weight is 234 g/mol. The molecule has 2 rings (SSSR count). The van der Waals surface area contributed by atoms with Gasteiger partial charge in [-0.05, 0) is 12.1 Å². The van der Waals surface area contributed by atoms with Crippen LogP contribution < -0.4 is 16.8 Å². The SMILES string of the molecule is Nc1nc(N)nc(Nc2cccc(O)c2O)n1. The van der Waals surface area contributed by atoms with Crippen LogP contribution in [0.25, 0.3) is 0 Å². The monoisotopic (exact) mass is 234 g/mol. The van der Waals surface area contributed by atoms with Crippen molar-refractivity contribution in [2.75, 3.05) is 16.8 Å². The van der Waals surface area contributed by atoms with Crippen LogP contribution >= 0.6 is 0 Å². The molecule has 1 aromatic carbocycles. The number of rotatable bonds is 2. The molecule has 0 spiro atoms. The van der Waals surface area contributed by atoms with Gasteiger partial charge in [0.25, 0.3) is 0 Å². The van der Waals surface area contributed by atoms with Gasteiger partial charge < -0.3 is 27.0 Å². The molecule has 1 heterocycles. The molecule has 1 aromatic heterocycles. The van der Waals surface area contributed by atoms with E-state index in [9.17, 15) is 10.2 Å². The third-order valence-electron chi connectivity index (χ3n) is 1.93. The molecule has 0 atom stereocenters. The number of anilines is 4. The molecule has 88 valence electrons. The van der Waals surface area contributed by atoms with Gasteiger partial charge in [0, 0.05) is 0 Å². The van der Waals surface area contributed by atoms with Crippen molar-refractivity contribution in [2.24, 2.45) is 0 Å². The molecule has 0 radical (unpaired) electrons. The van der Waals surface area contributed by atoms with E-state index in [4.69, 9.17) is 11.5 Å². The lowest BCUT2D eigenvalue weighted by Gasteiger charge is -2.08. The zero-order valence-electron chi connectivity index (χ0n) is 8.62. The highest BCUT2D eigenvalue weighted by molar-refractivity contribution is 5.66. The molecule has 8 nitrogen and oxygen atoms in total. The Hall–Kier alpha value is -2.77. The summed E-state index contributed by atoms with van der Waals surface area (Å²) in [6.45, 7) is 0. The van der Waals surface area contributed by atoms with Crippen molar-refractivity contribution in [3.05, 3.63) is 18.2 Å². The van der Waals surface area contributed by atoms with Crippen molar-refractivity contribution >= 4 is 23.5 Å². The Morgan fingerprint density at radius 3 is 2.29 bits per heavy atom. The Morgan fingerprint density at radius 2 is 1.65 bits per heavy atom. The molecule has 0 aliphatic heterocycles. The zero-order valence-corrected chi connectivity index (χ0v) is 8.62. The van der Waals surface area contributed by atoms with Crippen molar-refractivity contribution in [1.82, 2.24) is 15.0 Å². The summed E-state index contributed by atoms with van der Waals surface area (Å²) in [4.78, 5) is 11.1. The van der Waals surface area contributed by atoms with Crippen LogP contribution in [0.1, 0.15) is 0 Å². The fourth-order valence-corrected chi connectivity index (χ4v) is 1.22. The fourth-order valence-electron chi connectivity index (χ4n) is 1.22. The lowest BCUT2D eigenvalue weighted by Crippen LogP contribution is -2.06. The van der Waals surface area contributed by atoms with Crippen LogP contribution in [0, 0.1) is 0 Å². The Balaban J connectivity index is 2.34. The number of nitrogens with two attached hydrogens (primary N) is 2. The van der Waals surface area contributed by atoms with Crippen LogP contribution in [0.3, 0.4) is 0 Å². The van der Waals surface area contributed by atoms with Gasteiger partial charge in [0.1, 0.15) is 0 Å². The molecule has 0 bridgehead atoms. The van der Waals surface area contributed by atoms with E-state index in [1.54, 1.807) is 6.07 Å². The zero-order chi connectivity index (χ0) is 12.4. The lowest BCUT2D eigenvalue weighted by atomic mass is 10.3. The second kappa shape index (κ2) is 4.00. The maximum atomic E-state index is 9.55. The summed E-state index contributed by atoms with van der Waals surface area (Å²) in [6, 6.07) is 4.42. The van der Waals surface area contributed by atoms with Crippen LogP contribution in [-0.4, -0.2) is 25.2 Å². The number of nitrogens with one attached hydrogen (secondary N) is 1. The molecule has 2 aromatic rings. The van der Waals surface area contributed by atoms with Crippen molar-refractivity contribution in [3.8, 4) is 11.5 Å². The van der Waals surface area contributed by atoms with E-state index in [1.165, 1.54) is 12.1 Å². The molecule has 0 amide bonds. The number of aromatic nitrogens is 3. The van der Waals surface area contributed by atoms with Crippen molar-refractivity contribution < 1.29 is 10.2 Å². The number of aromatic hydroxyl groups is 2. The third-order valence-corrected chi connectivity index (χ3v) is 1.93.